The summed E-state index contributed by atoms with van der Waals surface area (Å²) in [6, 6.07) is 4.36. The molecule has 0 spiro atoms. The molecule has 1 aliphatic rings. The summed E-state index contributed by atoms with van der Waals surface area (Å²) in [6.45, 7) is 3.51. The Bertz CT molecular complexity index is 1140. The highest BCUT2D eigenvalue weighted by atomic mass is 19.4. The number of alkyl halides is 6. The maximum atomic E-state index is 14.2. The standard InChI is InChI=1S/C24H20F7NO3/c1-2-12-10-13(23(26,27)28)6-8-15(12)16-4-3-5-17(20(16)22(34)35)21(33)32-19-9-7-14(11-18(19)25)24(29,30)31/h2,6-11,16-17,20H,1,3-5H2,(H,32,33)(H,34,35)/t16-,17?,20?/m1/s1. The maximum absolute atomic E-state index is 14.2. The first-order chi connectivity index (χ1) is 16.2. The Morgan fingerprint density at radius 3 is 2.11 bits per heavy atom. The highest BCUT2D eigenvalue weighted by molar-refractivity contribution is 5.95. The van der Waals surface area contributed by atoms with Gasteiger partial charge in [0.05, 0.1) is 28.7 Å². The summed E-state index contributed by atoms with van der Waals surface area (Å²) in [7, 11) is 0. The van der Waals surface area contributed by atoms with Crippen molar-refractivity contribution in [1.82, 2.24) is 0 Å². The van der Waals surface area contributed by atoms with E-state index in [0.717, 1.165) is 24.3 Å². The first kappa shape index (κ1) is 26.2. The number of hydrogen-bond acceptors (Lipinski definition) is 2. The number of halogens is 7. The van der Waals surface area contributed by atoms with Gasteiger partial charge in [0.1, 0.15) is 5.82 Å². The number of carboxylic acids is 1. The summed E-state index contributed by atoms with van der Waals surface area (Å²) in [5.41, 5.74) is -2.39. The van der Waals surface area contributed by atoms with Crippen LogP contribution >= 0.6 is 0 Å². The summed E-state index contributed by atoms with van der Waals surface area (Å²) in [6.07, 6.45) is -7.54. The lowest BCUT2D eigenvalue weighted by Gasteiger charge is -2.36. The average Bonchev–Trinajstić information content (AvgIpc) is 2.77. The second-order valence-corrected chi connectivity index (χ2v) is 8.24. The Balaban J connectivity index is 1.92. The molecule has 0 radical (unpaired) electrons. The van der Waals surface area contributed by atoms with Gasteiger partial charge < -0.3 is 10.4 Å². The molecule has 1 amide bonds. The van der Waals surface area contributed by atoms with Crippen molar-refractivity contribution in [2.24, 2.45) is 11.8 Å². The Kier molecular flexibility index (Phi) is 7.28. The van der Waals surface area contributed by atoms with E-state index in [2.05, 4.69) is 11.9 Å². The first-order valence-corrected chi connectivity index (χ1v) is 10.5. The van der Waals surface area contributed by atoms with Crippen molar-refractivity contribution in [2.45, 2.75) is 37.5 Å². The summed E-state index contributed by atoms with van der Waals surface area (Å²) in [5.74, 6) is -7.04. The molecule has 11 heteroatoms. The molecule has 35 heavy (non-hydrogen) atoms. The molecule has 0 aliphatic heterocycles. The smallest absolute Gasteiger partial charge is 0.416 e. The Morgan fingerprint density at radius 2 is 1.57 bits per heavy atom. The SMILES string of the molecule is C=Cc1cc(C(F)(F)F)ccc1[C@H]1CCCC(C(=O)Nc2ccc(C(F)(F)F)cc2F)C1C(=O)O. The van der Waals surface area contributed by atoms with E-state index < -0.39 is 64.6 Å². The minimum absolute atomic E-state index is 0.0749. The molecule has 0 saturated heterocycles. The van der Waals surface area contributed by atoms with Crippen LogP contribution in [-0.2, 0) is 21.9 Å². The van der Waals surface area contributed by atoms with E-state index in [9.17, 15) is 45.4 Å². The second-order valence-electron chi connectivity index (χ2n) is 8.24. The zero-order valence-electron chi connectivity index (χ0n) is 18.0. The summed E-state index contributed by atoms with van der Waals surface area (Å²) in [5, 5.41) is 12.1. The molecule has 2 unspecified atom stereocenters. The van der Waals surface area contributed by atoms with Gasteiger partial charge in [-0.05, 0) is 60.2 Å². The average molecular weight is 503 g/mol. The second kappa shape index (κ2) is 9.71. The van der Waals surface area contributed by atoms with Gasteiger partial charge in [-0.15, -0.1) is 0 Å². The molecule has 1 fully saturated rings. The third kappa shape index (κ3) is 5.66. The molecule has 1 saturated carbocycles. The van der Waals surface area contributed by atoms with E-state index >= 15 is 0 Å². The molecular formula is C24H20F7NO3. The number of benzene rings is 2. The Labute approximate surface area is 195 Å². The third-order valence-electron chi connectivity index (χ3n) is 6.11. The van der Waals surface area contributed by atoms with Crippen LogP contribution in [0.25, 0.3) is 6.08 Å². The van der Waals surface area contributed by atoms with Crippen molar-refractivity contribution in [1.29, 1.82) is 0 Å². The number of amides is 1. The van der Waals surface area contributed by atoms with Crippen LogP contribution in [0.3, 0.4) is 0 Å². The molecule has 0 aromatic heterocycles. The van der Waals surface area contributed by atoms with Gasteiger partial charge in [-0.25, -0.2) is 4.39 Å². The van der Waals surface area contributed by atoms with Crippen LogP contribution in [0.5, 0.6) is 0 Å². The fourth-order valence-electron chi connectivity index (χ4n) is 4.47. The van der Waals surface area contributed by atoms with Gasteiger partial charge in [-0.3, -0.25) is 9.59 Å². The van der Waals surface area contributed by atoms with Crippen molar-refractivity contribution in [3.63, 3.8) is 0 Å². The third-order valence-corrected chi connectivity index (χ3v) is 6.11. The van der Waals surface area contributed by atoms with E-state index in [0.29, 0.717) is 12.5 Å². The quantitative estimate of drug-likeness (QED) is 0.445. The van der Waals surface area contributed by atoms with E-state index in [4.69, 9.17) is 0 Å². The normalized spacial score (nSPS) is 20.8. The van der Waals surface area contributed by atoms with E-state index in [1.165, 1.54) is 6.08 Å². The molecule has 4 nitrogen and oxygen atoms in total. The zero-order chi connectivity index (χ0) is 26.1. The van der Waals surface area contributed by atoms with Gasteiger partial charge in [-0.2, -0.15) is 26.3 Å². The summed E-state index contributed by atoms with van der Waals surface area (Å²) in [4.78, 5) is 25.1. The number of hydrogen-bond donors (Lipinski definition) is 2. The van der Waals surface area contributed by atoms with Crippen LogP contribution in [0.4, 0.5) is 36.4 Å². The molecule has 2 aromatic rings. The van der Waals surface area contributed by atoms with E-state index in [1.807, 2.05) is 0 Å². The molecule has 3 atom stereocenters. The van der Waals surface area contributed by atoms with Crippen molar-refractivity contribution in [3.8, 4) is 0 Å². The molecule has 0 heterocycles. The molecule has 0 bridgehead atoms. The van der Waals surface area contributed by atoms with Gasteiger partial charge in [-0.1, -0.05) is 25.1 Å². The van der Waals surface area contributed by atoms with Gasteiger partial charge in [0.15, 0.2) is 0 Å². The highest BCUT2D eigenvalue weighted by Gasteiger charge is 2.44. The molecule has 2 N–H and O–H groups in total. The maximum Gasteiger partial charge on any atom is 0.416 e. The van der Waals surface area contributed by atoms with Crippen LogP contribution in [0.15, 0.2) is 43.0 Å². The molecule has 1 aliphatic carbocycles. The van der Waals surface area contributed by atoms with Crippen LogP contribution in [0.2, 0.25) is 0 Å². The minimum Gasteiger partial charge on any atom is -0.481 e. The fraction of sp³-hybridized carbons (Fsp3) is 0.333. The van der Waals surface area contributed by atoms with Gasteiger partial charge >= 0.3 is 18.3 Å². The topological polar surface area (TPSA) is 66.4 Å². The van der Waals surface area contributed by atoms with Crippen LogP contribution in [0, 0.1) is 17.7 Å². The van der Waals surface area contributed by atoms with Crippen molar-refractivity contribution in [3.05, 3.63) is 71.0 Å². The number of carboxylic acid groups (broad SMARTS) is 1. The van der Waals surface area contributed by atoms with Crippen molar-refractivity contribution < 1.29 is 45.4 Å². The lowest BCUT2D eigenvalue weighted by molar-refractivity contribution is -0.149. The van der Waals surface area contributed by atoms with Crippen LogP contribution in [0.1, 0.15) is 47.4 Å². The lowest BCUT2D eigenvalue weighted by atomic mass is 9.68. The van der Waals surface area contributed by atoms with Gasteiger partial charge in [0.2, 0.25) is 5.91 Å². The minimum atomic E-state index is -4.79. The van der Waals surface area contributed by atoms with Crippen LogP contribution in [-0.4, -0.2) is 17.0 Å². The zero-order valence-corrected chi connectivity index (χ0v) is 18.0. The number of rotatable bonds is 5. The molecule has 2 aromatic carbocycles. The Hall–Kier alpha value is -3.37. The number of nitrogens with one attached hydrogen (secondary N) is 1. The monoisotopic (exact) mass is 503 g/mol. The van der Waals surface area contributed by atoms with Crippen molar-refractivity contribution >= 4 is 23.6 Å². The predicted molar refractivity (Wildman–Crippen MR) is 113 cm³/mol. The number of aliphatic carboxylic acids is 1. The molecule has 3 rings (SSSR count). The number of carbonyl (C=O) groups excluding carboxylic acids is 1. The molecular weight excluding hydrogens is 483 g/mol. The first-order valence-electron chi connectivity index (χ1n) is 10.5. The van der Waals surface area contributed by atoms with Gasteiger partial charge in [0, 0.05) is 0 Å². The fourth-order valence-corrected chi connectivity index (χ4v) is 4.47. The largest absolute Gasteiger partial charge is 0.481 e. The summed E-state index contributed by atoms with van der Waals surface area (Å²) >= 11 is 0. The van der Waals surface area contributed by atoms with E-state index in [1.54, 1.807) is 0 Å². The highest BCUT2D eigenvalue weighted by Crippen LogP contribution is 2.44. The lowest BCUT2D eigenvalue weighted by Crippen LogP contribution is -2.40. The van der Waals surface area contributed by atoms with Crippen LogP contribution < -0.4 is 5.32 Å². The summed E-state index contributed by atoms with van der Waals surface area (Å²) < 4.78 is 91.8. The predicted octanol–water partition coefficient (Wildman–Crippen LogP) is 6.73. The Morgan fingerprint density at radius 1 is 0.971 bits per heavy atom. The van der Waals surface area contributed by atoms with Crippen molar-refractivity contribution in [2.75, 3.05) is 5.32 Å². The van der Waals surface area contributed by atoms with Gasteiger partial charge in [0.25, 0.3) is 0 Å². The van der Waals surface area contributed by atoms with E-state index in [-0.39, 0.29) is 30.0 Å². The molecule has 188 valence electrons. The number of carbonyl (C=O) groups is 2. The number of anilines is 1.